The van der Waals surface area contributed by atoms with Crippen molar-refractivity contribution < 1.29 is 4.79 Å². The maximum atomic E-state index is 12.0. The third-order valence-corrected chi connectivity index (χ3v) is 2.65. The van der Waals surface area contributed by atoms with Gasteiger partial charge in [0.2, 0.25) is 0 Å². The molecule has 92 valence electrons. The van der Waals surface area contributed by atoms with Gasteiger partial charge in [0.1, 0.15) is 10.3 Å². The normalized spacial score (nSPS) is 10.1. The Bertz CT molecular complexity index is 401. The third-order valence-electron chi connectivity index (χ3n) is 2.26. The molecule has 1 heterocycles. The third kappa shape index (κ3) is 4.36. The summed E-state index contributed by atoms with van der Waals surface area (Å²) in [4.78, 5) is 17.4. The number of hydrogen-bond acceptors (Lipinski definition) is 2. The summed E-state index contributed by atoms with van der Waals surface area (Å²) in [6.45, 7) is 4.31. The van der Waals surface area contributed by atoms with Gasteiger partial charge < -0.3 is 4.90 Å². The number of aromatic nitrogens is 1. The number of pyridine rings is 1. The number of halogens is 2. The summed E-state index contributed by atoms with van der Waals surface area (Å²) in [6, 6.07) is 3.03. The first-order valence-electron chi connectivity index (χ1n) is 5.24. The molecule has 5 heteroatoms. The average molecular weight is 273 g/mol. The zero-order valence-electron chi connectivity index (χ0n) is 9.62. The molecule has 1 rings (SSSR count). The molecular weight excluding hydrogens is 259 g/mol. The van der Waals surface area contributed by atoms with Crippen molar-refractivity contribution in [3.63, 3.8) is 0 Å². The molecule has 0 unspecified atom stereocenters. The molecule has 0 spiro atoms. The molecule has 1 amide bonds. The molecule has 0 atom stereocenters. The summed E-state index contributed by atoms with van der Waals surface area (Å²) in [5.41, 5.74) is 0.455. The van der Waals surface area contributed by atoms with Crippen LogP contribution in [0, 0.1) is 0 Å². The van der Waals surface area contributed by atoms with Crippen LogP contribution in [0.3, 0.4) is 0 Å². The molecule has 0 aliphatic rings. The molecule has 0 radical (unpaired) electrons. The minimum atomic E-state index is -0.111. The van der Waals surface area contributed by atoms with Crippen LogP contribution in [0.15, 0.2) is 24.8 Å². The van der Waals surface area contributed by atoms with Gasteiger partial charge in [-0.25, -0.2) is 4.98 Å². The Hall–Kier alpha value is -1.06. The lowest BCUT2D eigenvalue weighted by Gasteiger charge is -2.16. The largest absolute Gasteiger partial charge is 0.342 e. The minimum Gasteiger partial charge on any atom is -0.342 e. The zero-order valence-corrected chi connectivity index (χ0v) is 11.1. The van der Waals surface area contributed by atoms with Gasteiger partial charge in [0.15, 0.2) is 0 Å². The molecular formula is C12H14Cl2N2O. The van der Waals surface area contributed by atoms with Crippen molar-refractivity contribution in [1.82, 2.24) is 9.88 Å². The lowest BCUT2D eigenvalue weighted by Crippen LogP contribution is -2.27. The molecule has 0 aliphatic heterocycles. The van der Waals surface area contributed by atoms with Crippen LogP contribution in [0.1, 0.15) is 23.2 Å². The number of nitrogens with zero attached hydrogens (tertiary/aromatic N) is 2. The van der Waals surface area contributed by atoms with Crippen molar-refractivity contribution in [2.24, 2.45) is 0 Å². The van der Waals surface area contributed by atoms with E-state index in [1.165, 1.54) is 12.1 Å². The van der Waals surface area contributed by atoms with Gasteiger partial charge in [-0.05, 0) is 25.0 Å². The first-order valence-corrected chi connectivity index (χ1v) is 5.99. The minimum absolute atomic E-state index is 0.111. The summed E-state index contributed by atoms with van der Waals surface area (Å²) in [7, 11) is 1.74. The van der Waals surface area contributed by atoms with Crippen LogP contribution >= 0.6 is 23.2 Å². The summed E-state index contributed by atoms with van der Waals surface area (Å²) in [5.74, 6) is -0.111. The summed E-state index contributed by atoms with van der Waals surface area (Å²) >= 11 is 11.5. The first-order chi connectivity index (χ1) is 8.04. The van der Waals surface area contributed by atoms with E-state index in [1.807, 2.05) is 6.08 Å². The molecule has 0 saturated carbocycles. The van der Waals surface area contributed by atoms with E-state index in [0.717, 1.165) is 12.8 Å². The Morgan fingerprint density at radius 3 is 2.59 bits per heavy atom. The van der Waals surface area contributed by atoms with Crippen LogP contribution in [0.2, 0.25) is 10.3 Å². The van der Waals surface area contributed by atoms with Gasteiger partial charge in [0, 0.05) is 19.2 Å². The predicted molar refractivity (Wildman–Crippen MR) is 70.6 cm³/mol. The van der Waals surface area contributed by atoms with E-state index in [4.69, 9.17) is 23.2 Å². The maximum absolute atomic E-state index is 12.0. The van der Waals surface area contributed by atoms with Crippen molar-refractivity contribution in [3.8, 4) is 0 Å². The standard InChI is InChI=1S/C12H14Cl2N2O/c1-3-4-5-6-16(2)12(17)9-7-10(13)15-11(14)8-9/h3,7-8H,1,4-6H2,2H3. The Kier molecular flexibility index (Phi) is 5.45. The molecule has 0 aromatic carbocycles. The van der Waals surface area contributed by atoms with Crippen LogP contribution < -0.4 is 0 Å². The Labute approximate surface area is 111 Å². The second-order valence-electron chi connectivity index (χ2n) is 3.66. The number of carbonyl (C=O) groups is 1. The monoisotopic (exact) mass is 272 g/mol. The van der Waals surface area contributed by atoms with Gasteiger partial charge >= 0.3 is 0 Å². The molecule has 0 N–H and O–H groups in total. The van der Waals surface area contributed by atoms with Crippen LogP contribution in [0.5, 0.6) is 0 Å². The molecule has 1 aromatic heterocycles. The summed E-state index contributed by atoms with van der Waals surface area (Å²) in [5, 5.41) is 0.445. The highest BCUT2D eigenvalue weighted by molar-refractivity contribution is 6.33. The highest BCUT2D eigenvalue weighted by atomic mass is 35.5. The van der Waals surface area contributed by atoms with Crippen molar-refractivity contribution in [3.05, 3.63) is 40.7 Å². The molecule has 3 nitrogen and oxygen atoms in total. The van der Waals surface area contributed by atoms with E-state index in [1.54, 1.807) is 11.9 Å². The number of allylic oxidation sites excluding steroid dienone is 1. The fourth-order valence-electron chi connectivity index (χ4n) is 1.38. The number of rotatable bonds is 5. The molecule has 0 fully saturated rings. The maximum Gasteiger partial charge on any atom is 0.253 e. The molecule has 1 aromatic rings. The van der Waals surface area contributed by atoms with E-state index in [2.05, 4.69) is 11.6 Å². The van der Waals surface area contributed by atoms with E-state index in [0.29, 0.717) is 12.1 Å². The smallest absolute Gasteiger partial charge is 0.253 e. The Morgan fingerprint density at radius 2 is 2.06 bits per heavy atom. The second kappa shape index (κ2) is 6.62. The van der Waals surface area contributed by atoms with E-state index >= 15 is 0 Å². The fourth-order valence-corrected chi connectivity index (χ4v) is 1.84. The van der Waals surface area contributed by atoms with Gasteiger partial charge in [-0.15, -0.1) is 6.58 Å². The first kappa shape index (κ1) is 14.0. The van der Waals surface area contributed by atoms with E-state index < -0.39 is 0 Å². The van der Waals surface area contributed by atoms with E-state index in [-0.39, 0.29) is 16.2 Å². The highest BCUT2D eigenvalue weighted by Gasteiger charge is 2.13. The van der Waals surface area contributed by atoms with Gasteiger partial charge in [-0.1, -0.05) is 29.3 Å². The van der Waals surface area contributed by atoms with Crippen LogP contribution in [-0.2, 0) is 0 Å². The van der Waals surface area contributed by atoms with Crippen LogP contribution in [0.25, 0.3) is 0 Å². The average Bonchev–Trinajstić information content (AvgIpc) is 2.27. The number of unbranched alkanes of at least 4 members (excludes halogenated alkanes) is 1. The summed E-state index contributed by atoms with van der Waals surface area (Å²) in [6.07, 6.45) is 3.60. The number of carbonyl (C=O) groups excluding carboxylic acids is 1. The highest BCUT2D eigenvalue weighted by Crippen LogP contribution is 2.16. The van der Waals surface area contributed by atoms with Gasteiger partial charge in [0.05, 0.1) is 0 Å². The van der Waals surface area contributed by atoms with Crippen molar-refractivity contribution in [2.45, 2.75) is 12.8 Å². The summed E-state index contributed by atoms with van der Waals surface area (Å²) < 4.78 is 0. The molecule has 0 saturated heterocycles. The zero-order chi connectivity index (χ0) is 12.8. The fraction of sp³-hybridized carbons (Fsp3) is 0.333. The van der Waals surface area contributed by atoms with Crippen molar-refractivity contribution in [2.75, 3.05) is 13.6 Å². The second-order valence-corrected chi connectivity index (χ2v) is 4.43. The lowest BCUT2D eigenvalue weighted by atomic mass is 10.2. The lowest BCUT2D eigenvalue weighted by molar-refractivity contribution is 0.0793. The van der Waals surface area contributed by atoms with Crippen molar-refractivity contribution >= 4 is 29.1 Å². The number of hydrogen-bond donors (Lipinski definition) is 0. The SMILES string of the molecule is C=CCCCN(C)C(=O)c1cc(Cl)nc(Cl)c1. The van der Waals surface area contributed by atoms with Crippen LogP contribution in [-0.4, -0.2) is 29.4 Å². The van der Waals surface area contributed by atoms with Gasteiger partial charge in [-0.3, -0.25) is 4.79 Å². The van der Waals surface area contributed by atoms with Crippen LogP contribution in [0.4, 0.5) is 0 Å². The quantitative estimate of drug-likeness (QED) is 0.468. The topological polar surface area (TPSA) is 33.2 Å². The number of amides is 1. The van der Waals surface area contributed by atoms with Gasteiger partial charge in [-0.2, -0.15) is 0 Å². The Morgan fingerprint density at radius 1 is 1.47 bits per heavy atom. The molecule has 0 bridgehead atoms. The van der Waals surface area contributed by atoms with E-state index in [9.17, 15) is 4.79 Å². The Balaban J connectivity index is 2.70. The predicted octanol–water partition coefficient (Wildman–Crippen LogP) is 3.43. The van der Waals surface area contributed by atoms with Gasteiger partial charge in [0.25, 0.3) is 5.91 Å². The molecule has 17 heavy (non-hydrogen) atoms. The van der Waals surface area contributed by atoms with Crippen molar-refractivity contribution in [1.29, 1.82) is 0 Å². The molecule has 0 aliphatic carbocycles.